The summed E-state index contributed by atoms with van der Waals surface area (Å²) in [5.41, 5.74) is 2.29. The van der Waals surface area contributed by atoms with E-state index in [1.165, 1.54) is 0 Å². The van der Waals surface area contributed by atoms with Gasteiger partial charge in [-0.2, -0.15) is 0 Å². The molecule has 0 N–H and O–H groups in total. The average Bonchev–Trinajstić information content (AvgIpc) is 3.23. The van der Waals surface area contributed by atoms with Gasteiger partial charge in [-0.1, -0.05) is 36.4 Å². The lowest BCUT2D eigenvalue weighted by Crippen LogP contribution is -2.49. The molecule has 1 aliphatic rings. The number of piperazine rings is 1. The fourth-order valence-corrected chi connectivity index (χ4v) is 3.67. The van der Waals surface area contributed by atoms with E-state index >= 15 is 0 Å². The highest BCUT2D eigenvalue weighted by atomic mass is 16.2. The molecule has 0 unspecified atom stereocenters. The first-order chi connectivity index (χ1) is 14.3. The van der Waals surface area contributed by atoms with Crippen LogP contribution in [0.3, 0.4) is 0 Å². The molecule has 0 aliphatic carbocycles. The molecule has 0 bridgehead atoms. The van der Waals surface area contributed by atoms with Crippen LogP contribution in [0.2, 0.25) is 0 Å². The predicted octanol–water partition coefficient (Wildman–Crippen LogP) is 2.75. The molecule has 3 aromatic heterocycles. The van der Waals surface area contributed by atoms with Gasteiger partial charge in [0.2, 0.25) is 0 Å². The molecule has 0 atom stereocenters. The third-order valence-corrected chi connectivity index (χ3v) is 5.23. The van der Waals surface area contributed by atoms with Crippen molar-refractivity contribution in [1.29, 1.82) is 0 Å². The van der Waals surface area contributed by atoms with Gasteiger partial charge in [0.25, 0.3) is 5.91 Å². The van der Waals surface area contributed by atoms with Crippen LogP contribution >= 0.6 is 0 Å². The van der Waals surface area contributed by atoms with Crippen LogP contribution in [0.25, 0.3) is 17.0 Å². The van der Waals surface area contributed by atoms with Gasteiger partial charge in [0.05, 0.1) is 0 Å². The van der Waals surface area contributed by atoms with Crippen LogP contribution in [0, 0.1) is 0 Å². The number of carbonyl (C=O) groups is 1. The van der Waals surface area contributed by atoms with E-state index in [1.807, 2.05) is 76.2 Å². The van der Waals surface area contributed by atoms with Gasteiger partial charge in [0, 0.05) is 49.7 Å². The summed E-state index contributed by atoms with van der Waals surface area (Å²) in [6.07, 6.45) is 3.67. The molecule has 1 aliphatic heterocycles. The molecule has 1 fully saturated rings. The highest BCUT2D eigenvalue weighted by Crippen LogP contribution is 2.20. The lowest BCUT2D eigenvalue weighted by molar-refractivity contribution is 0.0746. The molecular weight excluding hydrogens is 364 g/mol. The summed E-state index contributed by atoms with van der Waals surface area (Å²) in [4.78, 5) is 21.5. The molecule has 5 rings (SSSR count). The number of amides is 1. The van der Waals surface area contributed by atoms with Crippen molar-refractivity contribution in [3.8, 4) is 11.4 Å². The summed E-state index contributed by atoms with van der Waals surface area (Å²) in [7, 11) is 0. The number of hydrogen-bond donors (Lipinski definition) is 0. The maximum Gasteiger partial charge on any atom is 0.254 e. The second kappa shape index (κ2) is 7.35. The number of nitrogens with zero attached hydrogens (tertiary/aromatic N) is 6. The first kappa shape index (κ1) is 17.4. The zero-order valence-electron chi connectivity index (χ0n) is 15.8. The molecule has 1 saturated heterocycles. The van der Waals surface area contributed by atoms with Crippen molar-refractivity contribution in [1.82, 2.24) is 24.5 Å². The van der Waals surface area contributed by atoms with E-state index in [0.29, 0.717) is 24.3 Å². The Hall–Kier alpha value is -3.74. The Kier molecular flexibility index (Phi) is 4.40. The minimum absolute atomic E-state index is 0.0254. The van der Waals surface area contributed by atoms with Crippen LogP contribution in [0.1, 0.15) is 10.4 Å². The highest BCUT2D eigenvalue weighted by Gasteiger charge is 2.23. The normalized spacial score (nSPS) is 14.3. The minimum atomic E-state index is 0.0254. The average molecular weight is 384 g/mol. The molecule has 144 valence electrons. The number of rotatable bonds is 3. The minimum Gasteiger partial charge on any atom is -0.353 e. The Bertz CT molecular complexity index is 1130. The van der Waals surface area contributed by atoms with Crippen LogP contribution in [-0.4, -0.2) is 56.6 Å². The van der Waals surface area contributed by atoms with E-state index in [2.05, 4.69) is 20.1 Å². The summed E-state index contributed by atoms with van der Waals surface area (Å²) in [6.45, 7) is 2.88. The van der Waals surface area contributed by atoms with Gasteiger partial charge in [-0.25, -0.2) is 4.98 Å². The van der Waals surface area contributed by atoms with Crippen LogP contribution in [0.4, 0.5) is 5.82 Å². The van der Waals surface area contributed by atoms with Crippen molar-refractivity contribution in [3.63, 3.8) is 0 Å². The quantitative estimate of drug-likeness (QED) is 0.543. The van der Waals surface area contributed by atoms with Gasteiger partial charge >= 0.3 is 0 Å². The number of hydrogen-bond acceptors (Lipinski definition) is 5. The number of aromatic nitrogens is 4. The van der Waals surface area contributed by atoms with Gasteiger partial charge < -0.3 is 9.80 Å². The Labute approximate surface area is 168 Å². The van der Waals surface area contributed by atoms with E-state index in [-0.39, 0.29) is 5.91 Å². The van der Waals surface area contributed by atoms with Crippen molar-refractivity contribution in [3.05, 3.63) is 78.6 Å². The second-order valence-electron chi connectivity index (χ2n) is 7.00. The largest absolute Gasteiger partial charge is 0.353 e. The first-order valence-corrected chi connectivity index (χ1v) is 9.65. The lowest BCUT2D eigenvalue weighted by Gasteiger charge is -2.35. The van der Waals surface area contributed by atoms with Gasteiger partial charge in [0.15, 0.2) is 11.5 Å². The molecule has 29 heavy (non-hydrogen) atoms. The predicted molar refractivity (Wildman–Crippen MR) is 111 cm³/mol. The first-order valence-electron chi connectivity index (χ1n) is 9.65. The summed E-state index contributed by atoms with van der Waals surface area (Å²) in [6, 6.07) is 19.5. The van der Waals surface area contributed by atoms with Crippen LogP contribution < -0.4 is 4.90 Å². The Balaban J connectivity index is 1.33. The topological polar surface area (TPSA) is 66.6 Å². The molecule has 0 spiro atoms. The summed E-state index contributed by atoms with van der Waals surface area (Å²) >= 11 is 0. The zero-order chi connectivity index (χ0) is 19.6. The molecular formula is C22H20N6O. The second-order valence-corrected chi connectivity index (χ2v) is 7.00. The fourth-order valence-electron chi connectivity index (χ4n) is 3.67. The maximum absolute atomic E-state index is 13.0. The number of anilines is 1. The third kappa shape index (κ3) is 3.31. The standard InChI is InChI=1S/C22H20N6O/c29-22(27-14-12-26(13-15-27)19-8-4-5-10-23-19)18-9-11-28-20(16-18)24-25-21(28)17-6-2-1-3-7-17/h1-11,16H,12-15H2. The van der Waals surface area contributed by atoms with E-state index in [9.17, 15) is 4.79 Å². The SMILES string of the molecule is O=C(c1ccn2c(-c3ccccc3)nnc2c1)N1CCN(c2ccccn2)CC1. The number of carbonyl (C=O) groups excluding carboxylic acids is 1. The number of fused-ring (bicyclic) bond motifs is 1. The summed E-state index contributed by atoms with van der Waals surface area (Å²) < 4.78 is 1.91. The van der Waals surface area contributed by atoms with E-state index in [4.69, 9.17) is 0 Å². The highest BCUT2D eigenvalue weighted by molar-refractivity contribution is 5.95. The fraction of sp³-hybridized carbons (Fsp3) is 0.182. The van der Waals surface area contributed by atoms with Crippen LogP contribution in [-0.2, 0) is 0 Å². The summed E-state index contributed by atoms with van der Waals surface area (Å²) in [5.74, 6) is 1.75. The van der Waals surface area contributed by atoms with E-state index in [0.717, 1.165) is 30.3 Å². The number of benzene rings is 1. The molecule has 4 heterocycles. The number of pyridine rings is 2. The molecule has 0 radical (unpaired) electrons. The van der Waals surface area contributed by atoms with Crippen molar-refractivity contribution >= 4 is 17.4 Å². The molecule has 7 nitrogen and oxygen atoms in total. The van der Waals surface area contributed by atoms with E-state index in [1.54, 1.807) is 6.20 Å². The lowest BCUT2D eigenvalue weighted by atomic mass is 10.2. The van der Waals surface area contributed by atoms with Crippen molar-refractivity contribution < 1.29 is 4.79 Å². The smallest absolute Gasteiger partial charge is 0.254 e. The van der Waals surface area contributed by atoms with E-state index < -0.39 is 0 Å². The Morgan fingerprint density at radius 3 is 2.41 bits per heavy atom. The Morgan fingerprint density at radius 2 is 1.66 bits per heavy atom. The van der Waals surface area contributed by atoms with Crippen molar-refractivity contribution in [2.24, 2.45) is 0 Å². The molecule has 0 saturated carbocycles. The van der Waals surface area contributed by atoms with Crippen LogP contribution in [0.15, 0.2) is 73.1 Å². The third-order valence-electron chi connectivity index (χ3n) is 5.23. The Morgan fingerprint density at radius 1 is 0.862 bits per heavy atom. The van der Waals surface area contributed by atoms with Gasteiger partial charge in [0.1, 0.15) is 5.82 Å². The van der Waals surface area contributed by atoms with Gasteiger partial charge in [-0.15, -0.1) is 10.2 Å². The monoisotopic (exact) mass is 384 g/mol. The molecule has 7 heteroatoms. The maximum atomic E-state index is 13.0. The molecule has 4 aromatic rings. The van der Waals surface area contributed by atoms with Gasteiger partial charge in [-0.3, -0.25) is 9.20 Å². The van der Waals surface area contributed by atoms with Crippen molar-refractivity contribution in [2.45, 2.75) is 0 Å². The van der Waals surface area contributed by atoms with Gasteiger partial charge in [-0.05, 0) is 24.3 Å². The zero-order valence-corrected chi connectivity index (χ0v) is 15.8. The van der Waals surface area contributed by atoms with Crippen molar-refractivity contribution in [2.75, 3.05) is 31.1 Å². The van der Waals surface area contributed by atoms with Crippen LogP contribution in [0.5, 0.6) is 0 Å². The summed E-state index contributed by atoms with van der Waals surface area (Å²) in [5, 5.41) is 8.56. The molecule has 1 aromatic carbocycles. The molecule has 1 amide bonds.